The quantitative estimate of drug-likeness (QED) is 0.720. The fourth-order valence-corrected chi connectivity index (χ4v) is 3.84. The van der Waals surface area contributed by atoms with Crippen LogP contribution in [0.4, 0.5) is 5.69 Å². The number of hydrogen-bond donors (Lipinski definition) is 1. The van der Waals surface area contributed by atoms with E-state index in [4.69, 9.17) is 16.3 Å². The highest BCUT2D eigenvalue weighted by molar-refractivity contribution is 6.36. The number of carbonyl (C=O) groups excluding carboxylic acids is 2. The molecule has 1 fully saturated rings. The Hall–Kier alpha value is -2.67. The van der Waals surface area contributed by atoms with E-state index in [1.165, 1.54) is 4.90 Å². The van der Waals surface area contributed by atoms with Crippen molar-refractivity contribution in [2.24, 2.45) is 0 Å². The summed E-state index contributed by atoms with van der Waals surface area (Å²) in [7, 11) is 0. The Kier molecular flexibility index (Phi) is 6.18. The number of halogens is 1. The first-order valence-corrected chi connectivity index (χ1v) is 10.4. The maximum atomic E-state index is 13.3. The molecule has 156 valence electrons. The molecule has 30 heavy (non-hydrogen) atoms. The van der Waals surface area contributed by atoms with Gasteiger partial charge in [-0.2, -0.15) is 0 Å². The number of anilines is 1. The third kappa shape index (κ3) is 4.41. The second-order valence-corrected chi connectivity index (χ2v) is 7.90. The maximum absolute atomic E-state index is 13.3. The van der Waals surface area contributed by atoms with Crippen LogP contribution in [0, 0.1) is 6.92 Å². The molecule has 1 saturated heterocycles. The lowest BCUT2D eigenvalue weighted by Crippen LogP contribution is -2.43. The van der Waals surface area contributed by atoms with Crippen LogP contribution < -0.4 is 5.32 Å². The molecule has 7 heteroatoms. The zero-order chi connectivity index (χ0) is 21.1. The lowest BCUT2D eigenvalue weighted by atomic mass is 10.0. The van der Waals surface area contributed by atoms with Crippen molar-refractivity contribution < 1.29 is 14.3 Å². The molecule has 2 aromatic rings. The molecule has 0 unspecified atom stereocenters. The molecule has 0 atom stereocenters. The van der Waals surface area contributed by atoms with Crippen molar-refractivity contribution in [2.45, 2.75) is 6.92 Å². The van der Waals surface area contributed by atoms with E-state index in [0.717, 1.165) is 24.3 Å². The van der Waals surface area contributed by atoms with E-state index >= 15 is 0 Å². The number of imide groups is 1. The highest BCUT2D eigenvalue weighted by Crippen LogP contribution is 2.31. The van der Waals surface area contributed by atoms with Gasteiger partial charge in [0.15, 0.2) is 0 Å². The van der Waals surface area contributed by atoms with Gasteiger partial charge in [-0.05, 0) is 42.3 Å². The Balaban J connectivity index is 1.62. The van der Waals surface area contributed by atoms with E-state index in [1.807, 2.05) is 31.2 Å². The number of nitrogens with one attached hydrogen (secondary N) is 1. The molecule has 0 spiro atoms. The molecule has 2 aromatic carbocycles. The molecule has 4 rings (SSSR count). The van der Waals surface area contributed by atoms with Gasteiger partial charge in [0.2, 0.25) is 0 Å². The number of amides is 2. The predicted octanol–water partition coefficient (Wildman–Crippen LogP) is 3.17. The standard InChI is InChI=1S/C23H24ClN3O3/c1-16-3-2-4-19(15-16)25-21-20(17-5-7-18(24)8-6-17)22(28)27(23(21)29)10-9-26-11-13-30-14-12-26/h2-8,15,25H,9-14H2,1H3. The average Bonchev–Trinajstić information content (AvgIpc) is 2.97. The van der Waals surface area contributed by atoms with Crippen molar-refractivity contribution in [1.82, 2.24) is 9.80 Å². The normalized spacial score (nSPS) is 17.7. The van der Waals surface area contributed by atoms with E-state index in [0.29, 0.717) is 48.2 Å². The van der Waals surface area contributed by atoms with Crippen LogP contribution in [-0.4, -0.2) is 61.0 Å². The molecule has 2 amide bonds. The molecular weight excluding hydrogens is 402 g/mol. The minimum absolute atomic E-state index is 0.286. The summed E-state index contributed by atoms with van der Waals surface area (Å²) in [4.78, 5) is 30.1. The molecule has 2 heterocycles. The summed E-state index contributed by atoms with van der Waals surface area (Å²) >= 11 is 6.02. The number of rotatable bonds is 6. The topological polar surface area (TPSA) is 61.9 Å². The molecule has 0 aromatic heterocycles. The summed E-state index contributed by atoms with van der Waals surface area (Å²) in [6.45, 7) is 5.92. The van der Waals surface area contributed by atoms with Gasteiger partial charge >= 0.3 is 0 Å². The predicted molar refractivity (Wildman–Crippen MR) is 117 cm³/mol. The summed E-state index contributed by atoms with van der Waals surface area (Å²) < 4.78 is 5.37. The van der Waals surface area contributed by atoms with Gasteiger partial charge in [-0.15, -0.1) is 0 Å². The van der Waals surface area contributed by atoms with Crippen LogP contribution in [0.25, 0.3) is 5.57 Å². The summed E-state index contributed by atoms with van der Waals surface area (Å²) in [5.41, 5.74) is 3.18. The Labute approximate surface area is 181 Å². The van der Waals surface area contributed by atoms with Crippen molar-refractivity contribution >= 4 is 34.7 Å². The second-order valence-electron chi connectivity index (χ2n) is 7.47. The zero-order valence-electron chi connectivity index (χ0n) is 16.9. The van der Waals surface area contributed by atoms with E-state index in [9.17, 15) is 9.59 Å². The molecule has 0 radical (unpaired) electrons. The number of hydrogen-bond acceptors (Lipinski definition) is 5. The fraction of sp³-hybridized carbons (Fsp3) is 0.304. The lowest BCUT2D eigenvalue weighted by Gasteiger charge is -2.28. The van der Waals surface area contributed by atoms with Crippen molar-refractivity contribution in [2.75, 3.05) is 44.7 Å². The highest BCUT2D eigenvalue weighted by atomic mass is 35.5. The van der Waals surface area contributed by atoms with Gasteiger partial charge in [-0.3, -0.25) is 19.4 Å². The van der Waals surface area contributed by atoms with Crippen molar-refractivity contribution in [3.63, 3.8) is 0 Å². The molecule has 0 bridgehead atoms. The number of nitrogens with zero attached hydrogens (tertiary/aromatic N) is 2. The van der Waals surface area contributed by atoms with E-state index in [1.54, 1.807) is 24.3 Å². The molecular formula is C23H24ClN3O3. The molecule has 2 aliphatic rings. The minimum Gasteiger partial charge on any atom is -0.379 e. The Morgan fingerprint density at radius 2 is 1.73 bits per heavy atom. The van der Waals surface area contributed by atoms with Crippen LogP contribution >= 0.6 is 11.6 Å². The summed E-state index contributed by atoms with van der Waals surface area (Å²) in [6, 6.07) is 14.7. The number of benzene rings is 2. The van der Waals surface area contributed by atoms with Gasteiger partial charge < -0.3 is 10.1 Å². The average molecular weight is 426 g/mol. The van der Waals surface area contributed by atoms with Gasteiger partial charge in [0.25, 0.3) is 11.8 Å². The molecule has 2 aliphatic heterocycles. The van der Waals surface area contributed by atoms with Gasteiger partial charge in [-0.25, -0.2) is 0 Å². The van der Waals surface area contributed by atoms with Crippen LogP contribution in [0.5, 0.6) is 0 Å². The summed E-state index contributed by atoms with van der Waals surface area (Å²) in [5, 5.41) is 3.77. The van der Waals surface area contributed by atoms with Crippen LogP contribution in [0.1, 0.15) is 11.1 Å². The lowest BCUT2D eigenvalue weighted by molar-refractivity contribution is -0.137. The fourth-order valence-electron chi connectivity index (χ4n) is 3.71. The largest absolute Gasteiger partial charge is 0.379 e. The van der Waals surface area contributed by atoms with Crippen molar-refractivity contribution in [1.29, 1.82) is 0 Å². The van der Waals surface area contributed by atoms with Crippen molar-refractivity contribution in [3.05, 3.63) is 70.4 Å². The smallest absolute Gasteiger partial charge is 0.278 e. The minimum atomic E-state index is -0.306. The highest BCUT2D eigenvalue weighted by Gasteiger charge is 2.39. The number of ether oxygens (including phenoxy) is 1. The Morgan fingerprint density at radius 1 is 1.00 bits per heavy atom. The van der Waals surface area contributed by atoms with Gasteiger partial charge in [0.05, 0.1) is 18.8 Å². The number of morpholine rings is 1. The number of aryl methyl sites for hydroxylation is 1. The Bertz CT molecular complexity index is 981. The van der Waals surface area contributed by atoms with Crippen LogP contribution in [0.3, 0.4) is 0 Å². The van der Waals surface area contributed by atoms with Gasteiger partial charge in [0.1, 0.15) is 5.70 Å². The van der Waals surface area contributed by atoms with Crippen LogP contribution in [-0.2, 0) is 14.3 Å². The second kappa shape index (κ2) is 9.00. The summed E-state index contributed by atoms with van der Waals surface area (Å²) in [5.74, 6) is -0.592. The van der Waals surface area contributed by atoms with E-state index in [2.05, 4.69) is 10.2 Å². The number of carbonyl (C=O) groups is 2. The first-order chi connectivity index (χ1) is 14.5. The van der Waals surface area contributed by atoms with Gasteiger partial charge in [0, 0.05) is 36.9 Å². The molecule has 6 nitrogen and oxygen atoms in total. The molecule has 0 saturated carbocycles. The van der Waals surface area contributed by atoms with Crippen LogP contribution in [0.2, 0.25) is 5.02 Å². The van der Waals surface area contributed by atoms with Gasteiger partial charge in [-0.1, -0.05) is 35.9 Å². The van der Waals surface area contributed by atoms with Crippen molar-refractivity contribution in [3.8, 4) is 0 Å². The monoisotopic (exact) mass is 425 g/mol. The first-order valence-electron chi connectivity index (χ1n) is 10.0. The third-order valence-electron chi connectivity index (χ3n) is 5.33. The third-order valence-corrected chi connectivity index (χ3v) is 5.58. The SMILES string of the molecule is Cc1cccc(NC2=C(c3ccc(Cl)cc3)C(=O)N(CCN3CCOCC3)C2=O)c1. The maximum Gasteiger partial charge on any atom is 0.278 e. The molecule has 1 N–H and O–H groups in total. The first kappa shape index (κ1) is 20.6. The molecule has 0 aliphatic carbocycles. The Morgan fingerprint density at radius 3 is 2.43 bits per heavy atom. The van der Waals surface area contributed by atoms with Crippen LogP contribution in [0.15, 0.2) is 54.2 Å². The summed E-state index contributed by atoms with van der Waals surface area (Å²) in [6.07, 6.45) is 0. The van der Waals surface area contributed by atoms with E-state index in [-0.39, 0.29) is 11.8 Å². The zero-order valence-corrected chi connectivity index (χ0v) is 17.6. The van der Waals surface area contributed by atoms with E-state index < -0.39 is 0 Å².